The van der Waals surface area contributed by atoms with Gasteiger partial charge in [-0.2, -0.15) is 0 Å². The van der Waals surface area contributed by atoms with Gasteiger partial charge >= 0.3 is 0 Å². The van der Waals surface area contributed by atoms with Crippen LogP contribution in [0.1, 0.15) is 21.1 Å². The zero-order chi connectivity index (χ0) is 7.56. The monoisotopic (exact) mass is 130 g/mol. The van der Waals surface area contributed by atoms with Crippen molar-refractivity contribution in [3.63, 3.8) is 0 Å². The first kappa shape index (κ1) is 5.42. The lowest BCUT2D eigenvalue weighted by atomic mass is 10.0. The van der Waals surface area contributed by atoms with Gasteiger partial charge in [-0.15, -0.1) is 0 Å². The van der Waals surface area contributed by atoms with Crippen LogP contribution in [0.2, 0.25) is 0 Å². The van der Waals surface area contributed by atoms with Crippen molar-refractivity contribution in [2.45, 2.75) is 25.9 Å². The van der Waals surface area contributed by atoms with Gasteiger partial charge in [-0.1, -0.05) is 6.92 Å². The standard InChI is InChI=1S/C7H12O2/c1-2-7-6(5-8)3-4-9-7/h5-7H,2-4H2,1H3/t6?,7-/m1/s1/i4T/t4?,6?,7-. The summed E-state index contributed by atoms with van der Waals surface area (Å²) in [6, 6.07) is 0. The Labute approximate surface area is 56.6 Å². The molecule has 0 N–H and O–H groups in total. The molecule has 0 aromatic carbocycles. The first-order chi connectivity index (χ1) is 4.77. The van der Waals surface area contributed by atoms with Gasteiger partial charge in [0.1, 0.15) is 6.29 Å². The van der Waals surface area contributed by atoms with E-state index in [-0.39, 0.29) is 12.0 Å². The summed E-state index contributed by atoms with van der Waals surface area (Å²) in [5.41, 5.74) is 0. The fourth-order valence-electron chi connectivity index (χ4n) is 1.09. The van der Waals surface area contributed by atoms with Crippen molar-refractivity contribution >= 4 is 6.29 Å². The molecule has 1 rings (SSSR count). The Balaban J connectivity index is 2.48. The Hall–Kier alpha value is -0.370. The van der Waals surface area contributed by atoms with Crippen molar-refractivity contribution in [2.75, 3.05) is 6.58 Å². The quantitative estimate of drug-likeness (QED) is 0.521. The van der Waals surface area contributed by atoms with Crippen LogP contribution in [-0.2, 0) is 9.53 Å². The van der Waals surface area contributed by atoms with E-state index in [0.29, 0.717) is 6.42 Å². The fourth-order valence-corrected chi connectivity index (χ4v) is 1.09. The number of ether oxygens (including phenoxy) is 1. The summed E-state index contributed by atoms with van der Waals surface area (Å²) < 4.78 is 12.4. The van der Waals surface area contributed by atoms with Crippen molar-refractivity contribution < 1.29 is 10.9 Å². The maximum absolute atomic E-state index is 10.4. The van der Waals surface area contributed by atoms with Gasteiger partial charge in [0.25, 0.3) is 0 Å². The Morgan fingerprint density at radius 2 is 2.78 bits per heavy atom. The SMILES string of the molecule is [3H]C1CC(C=O)[C@@H](CC)O1. The topological polar surface area (TPSA) is 26.3 Å². The highest BCUT2D eigenvalue weighted by molar-refractivity contribution is 5.54. The van der Waals surface area contributed by atoms with Gasteiger partial charge in [-0.05, 0) is 12.8 Å². The summed E-state index contributed by atoms with van der Waals surface area (Å²) in [5, 5.41) is 0. The number of aldehydes is 1. The zero-order valence-electron chi connectivity index (χ0n) is 6.54. The van der Waals surface area contributed by atoms with Crippen LogP contribution in [0.15, 0.2) is 0 Å². The highest BCUT2D eigenvalue weighted by Crippen LogP contribution is 2.20. The molecular weight excluding hydrogens is 116 g/mol. The van der Waals surface area contributed by atoms with E-state index < -0.39 is 6.58 Å². The number of carbonyl (C=O) groups excluding carboxylic acids is 1. The smallest absolute Gasteiger partial charge is 0.125 e. The normalized spacial score (nSPS) is 44.6. The molecule has 1 aliphatic rings. The van der Waals surface area contributed by atoms with Crippen LogP contribution in [0, 0.1) is 5.92 Å². The van der Waals surface area contributed by atoms with Crippen LogP contribution in [0.4, 0.5) is 0 Å². The van der Waals surface area contributed by atoms with Gasteiger partial charge < -0.3 is 9.53 Å². The summed E-state index contributed by atoms with van der Waals surface area (Å²) in [6.07, 6.45) is 2.31. The molecule has 9 heavy (non-hydrogen) atoms. The molecule has 0 spiro atoms. The van der Waals surface area contributed by atoms with Crippen molar-refractivity contribution in [3.05, 3.63) is 0 Å². The van der Waals surface area contributed by atoms with Gasteiger partial charge in [0.05, 0.1) is 7.47 Å². The molecule has 1 heterocycles. The lowest BCUT2D eigenvalue weighted by Crippen LogP contribution is -2.15. The van der Waals surface area contributed by atoms with E-state index in [1.54, 1.807) is 0 Å². The summed E-state index contributed by atoms with van der Waals surface area (Å²) in [5.74, 6) is -0.0347. The average molecular weight is 130 g/mol. The molecule has 2 heteroatoms. The van der Waals surface area contributed by atoms with Crippen LogP contribution in [-0.4, -0.2) is 19.0 Å². The zero-order valence-corrected chi connectivity index (χ0v) is 5.54. The predicted molar refractivity (Wildman–Crippen MR) is 34.2 cm³/mol. The van der Waals surface area contributed by atoms with Crippen LogP contribution in [0.25, 0.3) is 0 Å². The van der Waals surface area contributed by atoms with Gasteiger partial charge in [0.15, 0.2) is 0 Å². The van der Waals surface area contributed by atoms with Gasteiger partial charge in [-0.3, -0.25) is 0 Å². The minimum absolute atomic E-state index is 0.000000000000000222. The molecule has 0 bridgehead atoms. The predicted octanol–water partition coefficient (Wildman–Crippen LogP) is 1.00. The number of rotatable bonds is 2. The lowest BCUT2D eigenvalue weighted by Gasteiger charge is -2.08. The van der Waals surface area contributed by atoms with Crippen LogP contribution in [0.5, 0.6) is 0 Å². The molecule has 0 aliphatic carbocycles. The third-order valence-electron chi connectivity index (χ3n) is 1.69. The Morgan fingerprint density at radius 1 is 2.00 bits per heavy atom. The molecule has 0 aromatic rings. The molecule has 1 aliphatic heterocycles. The molecule has 1 fully saturated rings. The van der Waals surface area contributed by atoms with Crippen molar-refractivity contribution in [1.29, 1.82) is 0 Å². The molecule has 0 saturated carbocycles. The first-order valence-electron chi connectivity index (χ1n) is 3.88. The second kappa shape index (κ2) is 2.97. The van der Waals surface area contributed by atoms with E-state index >= 15 is 0 Å². The maximum Gasteiger partial charge on any atom is 0.125 e. The summed E-state index contributed by atoms with van der Waals surface area (Å²) in [4.78, 5) is 10.4. The van der Waals surface area contributed by atoms with Crippen LogP contribution >= 0.6 is 0 Å². The number of hydrogen-bond donors (Lipinski definition) is 0. The lowest BCUT2D eigenvalue weighted by molar-refractivity contribution is -0.112. The minimum atomic E-state index is -0.472. The minimum Gasteiger partial charge on any atom is -0.377 e. The second-order valence-electron chi connectivity index (χ2n) is 2.29. The Morgan fingerprint density at radius 3 is 3.22 bits per heavy atom. The molecule has 0 radical (unpaired) electrons. The third-order valence-corrected chi connectivity index (χ3v) is 1.69. The van der Waals surface area contributed by atoms with Crippen molar-refractivity contribution in [3.8, 4) is 0 Å². The highest BCUT2D eigenvalue weighted by atomic mass is 16.5. The van der Waals surface area contributed by atoms with E-state index in [9.17, 15) is 4.79 Å². The van der Waals surface area contributed by atoms with Crippen LogP contribution in [0.3, 0.4) is 0 Å². The van der Waals surface area contributed by atoms with Crippen molar-refractivity contribution in [1.82, 2.24) is 0 Å². The van der Waals surface area contributed by atoms with E-state index in [1.165, 1.54) is 0 Å². The molecule has 0 aromatic heterocycles. The highest BCUT2D eigenvalue weighted by Gasteiger charge is 2.25. The molecule has 2 nitrogen and oxygen atoms in total. The third kappa shape index (κ3) is 1.30. The van der Waals surface area contributed by atoms with E-state index in [4.69, 9.17) is 6.11 Å². The fraction of sp³-hybridized carbons (Fsp3) is 0.857. The average Bonchev–Trinajstić information content (AvgIpc) is 2.30. The molecule has 0 amide bonds. The molecular formula is C7H12O2. The molecule has 52 valence electrons. The molecule has 1 saturated heterocycles. The first-order valence-corrected chi connectivity index (χ1v) is 3.31. The van der Waals surface area contributed by atoms with E-state index in [1.807, 2.05) is 6.92 Å². The van der Waals surface area contributed by atoms with Gasteiger partial charge in [-0.25, -0.2) is 0 Å². The summed E-state index contributed by atoms with van der Waals surface area (Å²) in [7, 11) is 0. The summed E-state index contributed by atoms with van der Waals surface area (Å²) >= 11 is 0. The van der Waals surface area contributed by atoms with Crippen LogP contribution < -0.4 is 0 Å². The van der Waals surface area contributed by atoms with Crippen molar-refractivity contribution in [2.24, 2.45) is 5.92 Å². The van der Waals surface area contributed by atoms with Gasteiger partial charge in [0, 0.05) is 12.5 Å². The van der Waals surface area contributed by atoms with E-state index in [2.05, 4.69) is 0 Å². The van der Waals surface area contributed by atoms with E-state index in [0.717, 1.165) is 12.7 Å². The second-order valence-corrected chi connectivity index (χ2v) is 2.29. The number of hydrogen-bond acceptors (Lipinski definition) is 2. The largest absolute Gasteiger partial charge is 0.377 e. The molecule has 2 unspecified atom stereocenters. The summed E-state index contributed by atoms with van der Waals surface area (Å²) in [6.45, 7) is 1.50. The maximum atomic E-state index is 10.4. The molecule has 3 atom stereocenters. The Kier molecular flexibility index (Phi) is 1.79. The Bertz CT molecular complexity index is 127. The van der Waals surface area contributed by atoms with Gasteiger partial charge in [0.2, 0.25) is 0 Å². The number of carbonyl (C=O) groups is 1.